The highest BCUT2D eigenvalue weighted by Gasteiger charge is 2.15. The Bertz CT molecular complexity index is 719. The van der Waals surface area contributed by atoms with E-state index in [1.807, 2.05) is 11.8 Å². The zero-order chi connectivity index (χ0) is 20.1. The van der Waals surface area contributed by atoms with Crippen LogP contribution in [-0.2, 0) is 15.6 Å². The van der Waals surface area contributed by atoms with Crippen LogP contribution in [0.15, 0.2) is 58.3 Å². The molecule has 0 N–H and O–H groups in total. The van der Waals surface area contributed by atoms with E-state index in [1.54, 1.807) is 11.8 Å². The summed E-state index contributed by atoms with van der Waals surface area (Å²) in [5, 5.41) is 0.00633. The van der Waals surface area contributed by atoms with Crippen molar-refractivity contribution in [1.29, 1.82) is 0 Å². The Kier molecular flexibility index (Phi) is 7.64. The quantitative estimate of drug-likeness (QED) is 0.364. The molecule has 0 aliphatic carbocycles. The van der Waals surface area contributed by atoms with E-state index in [2.05, 4.69) is 90.1 Å². The van der Waals surface area contributed by atoms with Crippen molar-refractivity contribution in [2.45, 2.75) is 73.8 Å². The molecule has 0 fully saturated rings. The molecule has 0 aliphatic heterocycles. The van der Waals surface area contributed by atoms with Crippen LogP contribution in [0, 0.1) is 0 Å². The minimum Gasteiger partial charge on any atom is -0.302 e. The van der Waals surface area contributed by atoms with Gasteiger partial charge in [-0.2, -0.15) is 0 Å². The molecule has 0 saturated heterocycles. The highest BCUT2D eigenvalue weighted by molar-refractivity contribution is 8.01. The van der Waals surface area contributed by atoms with Crippen molar-refractivity contribution in [3.8, 4) is 0 Å². The first kappa shape index (κ1) is 22.1. The van der Waals surface area contributed by atoms with Gasteiger partial charge < -0.3 is 4.79 Å². The van der Waals surface area contributed by atoms with Crippen molar-refractivity contribution in [1.82, 2.24) is 0 Å². The monoisotopic (exact) mass is 400 g/mol. The van der Waals surface area contributed by atoms with Crippen molar-refractivity contribution in [2.24, 2.45) is 0 Å². The van der Waals surface area contributed by atoms with Crippen LogP contribution in [0.3, 0.4) is 0 Å². The zero-order valence-corrected chi connectivity index (χ0v) is 19.0. The van der Waals surface area contributed by atoms with Crippen LogP contribution in [0.5, 0.6) is 0 Å². The molecule has 3 heteroatoms. The second-order valence-corrected chi connectivity index (χ2v) is 11.5. The molecule has 0 aromatic heterocycles. The maximum atomic E-state index is 11.5. The second kappa shape index (κ2) is 9.34. The summed E-state index contributed by atoms with van der Waals surface area (Å²) < 4.78 is 0. The summed E-state index contributed by atoms with van der Waals surface area (Å²) >= 11 is 3.50. The molecule has 1 nitrogen and oxygen atoms in total. The van der Waals surface area contributed by atoms with Gasteiger partial charge >= 0.3 is 0 Å². The number of hydrogen-bond donors (Lipinski definition) is 0. The lowest BCUT2D eigenvalue weighted by atomic mass is 9.87. The topological polar surface area (TPSA) is 17.1 Å². The second-order valence-electron chi connectivity index (χ2n) is 8.98. The summed E-state index contributed by atoms with van der Waals surface area (Å²) in [5.74, 6) is 0.950. The fraction of sp³-hybridized carbons (Fsp3) is 0.458. The summed E-state index contributed by atoms with van der Waals surface area (Å²) in [6.07, 6.45) is 1.96. The summed E-state index contributed by atoms with van der Waals surface area (Å²) in [5.41, 5.74) is 3.02. The van der Waals surface area contributed by atoms with E-state index < -0.39 is 0 Å². The molecule has 0 saturated carbocycles. The average molecular weight is 401 g/mol. The third-order valence-corrected chi connectivity index (χ3v) is 6.79. The zero-order valence-electron chi connectivity index (χ0n) is 17.4. The highest BCUT2D eigenvalue weighted by Crippen LogP contribution is 2.30. The van der Waals surface area contributed by atoms with Crippen LogP contribution in [0.1, 0.15) is 59.1 Å². The first-order valence-electron chi connectivity index (χ1n) is 9.55. The van der Waals surface area contributed by atoms with Gasteiger partial charge in [0.1, 0.15) is 6.29 Å². The van der Waals surface area contributed by atoms with E-state index in [-0.39, 0.29) is 16.1 Å². The molecule has 0 bridgehead atoms. The minimum atomic E-state index is 0.00633. The van der Waals surface area contributed by atoms with Gasteiger partial charge in [0.2, 0.25) is 0 Å². The van der Waals surface area contributed by atoms with Gasteiger partial charge in [0, 0.05) is 9.79 Å². The molecule has 2 aromatic rings. The van der Waals surface area contributed by atoms with E-state index >= 15 is 0 Å². The third kappa shape index (κ3) is 7.04. The van der Waals surface area contributed by atoms with Gasteiger partial charge in [0.15, 0.2) is 0 Å². The number of carbonyl (C=O) groups is 1. The standard InChI is InChI=1S/C24H32OS2/c1-23(2,3)18-7-11-20(12-8-18)26-16-15-22(17-25)27-21-13-9-19(10-14-21)24(4,5)6/h7-14,17,22H,15-16H2,1-6H3. The Morgan fingerprint density at radius 1 is 0.778 bits per heavy atom. The maximum Gasteiger partial charge on any atom is 0.133 e. The Hall–Kier alpha value is -1.19. The lowest BCUT2D eigenvalue weighted by molar-refractivity contribution is -0.107. The van der Waals surface area contributed by atoms with Gasteiger partial charge in [-0.3, -0.25) is 0 Å². The van der Waals surface area contributed by atoms with Gasteiger partial charge in [0.25, 0.3) is 0 Å². The highest BCUT2D eigenvalue weighted by atomic mass is 32.2. The van der Waals surface area contributed by atoms with Gasteiger partial charge in [0.05, 0.1) is 5.25 Å². The number of hydrogen-bond acceptors (Lipinski definition) is 3. The molecule has 0 aliphatic rings. The van der Waals surface area contributed by atoms with Gasteiger partial charge in [-0.1, -0.05) is 65.8 Å². The van der Waals surface area contributed by atoms with E-state index in [0.717, 1.165) is 18.5 Å². The average Bonchev–Trinajstić information content (AvgIpc) is 2.60. The van der Waals surface area contributed by atoms with Gasteiger partial charge in [-0.05, 0) is 58.4 Å². The minimum absolute atomic E-state index is 0.00633. The van der Waals surface area contributed by atoms with Crippen molar-refractivity contribution in [2.75, 3.05) is 5.75 Å². The van der Waals surface area contributed by atoms with Crippen LogP contribution in [0.2, 0.25) is 0 Å². The molecular formula is C24H32OS2. The number of benzene rings is 2. The van der Waals surface area contributed by atoms with E-state index in [0.29, 0.717) is 0 Å². The molecule has 0 radical (unpaired) electrons. The van der Waals surface area contributed by atoms with Crippen LogP contribution >= 0.6 is 23.5 Å². The number of carbonyl (C=O) groups excluding carboxylic acids is 1. The maximum absolute atomic E-state index is 11.5. The largest absolute Gasteiger partial charge is 0.302 e. The molecule has 27 heavy (non-hydrogen) atoms. The fourth-order valence-corrected chi connectivity index (χ4v) is 4.73. The Labute approximate surface area is 173 Å². The molecule has 146 valence electrons. The molecule has 0 heterocycles. The summed E-state index contributed by atoms with van der Waals surface area (Å²) in [6, 6.07) is 17.4. The normalized spacial score (nSPS) is 13.4. The van der Waals surface area contributed by atoms with E-state index in [4.69, 9.17) is 0 Å². The SMILES string of the molecule is CC(C)(C)c1ccc(SCCC(C=O)Sc2ccc(C(C)(C)C)cc2)cc1. The Balaban J connectivity index is 1.86. The van der Waals surface area contributed by atoms with Crippen molar-refractivity contribution < 1.29 is 4.79 Å². The summed E-state index contributed by atoms with van der Waals surface area (Å²) in [7, 11) is 0. The lowest BCUT2D eigenvalue weighted by Gasteiger charge is -2.19. The first-order chi connectivity index (χ1) is 12.6. The van der Waals surface area contributed by atoms with Gasteiger partial charge in [-0.25, -0.2) is 0 Å². The van der Waals surface area contributed by atoms with Crippen LogP contribution in [-0.4, -0.2) is 17.3 Å². The van der Waals surface area contributed by atoms with E-state index in [9.17, 15) is 4.79 Å². The lowest BCUT2D eigenvalue weighted by Crippen LogP contribution is -2.10. The predicted molar refractivity (Wildman–Crippen MR) is 121 cm³/mol. The Morgan fingerprint density at radius 3 is 1.63 bits per heavy atom. The van der Waals surface area contributed by atoms with Crippen molar-refractivity contribution in [3.63, 3.8) is 0 Å². The fourth-order valence-electron chi connectivity index (χ4n) is 2.71. The number of rotatable bonds is 7. The van der Waals surface area contributed by atoms with Gasteiger partial charge in [-0.15, -0.1) is 23.5 Å². The molecule has 0 spiro atoms. The smallest absolute Gasteiger partial charge is 0.133 e. The van der Waals surface area contributed by atoms with E-state index in [1.165, 1.54) is 20.9 Å². The predicted octanol–water partition coefficient (Wildman–Crippen LogP) is 7.12. The molecule has 2 rings (SSSR count). The molecule has 1 unspecified atom stereocenters. The van der Waals surface area contributed by atoms with Crippen LogP contribution < -0.4 is 0 Å². The number of thioether (sulfide) groups is 2. The molecule has 2 aromatic carbocycles. The molecular weight excluding hydrogens is 368 g/mol. The first-order valence-corrected chi connectivity index (χ1v) is 11.4. The summed E-state index contributed by atoms with van der Waals surface area (Å²) in [4.78, 5) is 13.9. The van der Waals surface area contributed by atoms with Crippen molar-refractivity contribution >= 4 is 29.8 Å². The van der Waals surface area contributed by atoms with Crippen LogP contribution in [0.25, 0.3) is 0 Å². The third-order valence-electron chi connectivity index (χ3n) is 4.55. The van der Waals surface area contributed by atoms with Crippen molar-refractivity contribution in [3.05, 3.63) is 59.7 Å². The molecule has 1 atom stereocenters. The number of aldehydes is 1. The molecule has 0 amide bonds. The van der Waals surface area contributed by atoms with Crippen LogP contribution in [0.4, 0.5) is 0 Å². The summed E-state index contributed by atoms with van der Waals surface area (Å²) in [6.45, 7) is 13.3. The Morgan fingerprint density at radius 2 is 1.22 bits per heavy atom.